The Morgan fingerprint density at radius 2 is 2.12 bits per heavy atom. The second-order valence-electron chi connectivity index (χ2n) is 7.85. The Morgan fingerprint density at radius 1 is 1.31 bits per heavy atom. The summed E-state index contributed by atoms with van der Waals surface area (Å²) in [5, 5.41) is 14.7. The highest BCUT2D eigenvalue weighted by atomic mass is 35.5. The minimum atomic E-state index is -0.389. The van der Waals surface area contributed by atoms with Crippen LogP contribution < -0.4 is 5.32 Å². The Kier molecular flexibility index (Phi) is 6.86. The smallest absolute Gasteiger partial charge is 0.262 e. The number of hydrogen-bond donors (Lipinski definition) is 1. The van der Waals surface area contributed by atoms with Crippen molar-refractivity contribution < 1.29 is 9.53 Å². The Balaban J connectivity index is 1.68. The van der Waals surface area contributed by atoms with Gasteiger partial charge >= 0.3 is 0 Å². The van der Waals surface area contributed by atoms with Crippen LogP contribution in [-0.4, -0.2) is 29.7 Å². The molecule has 5 nitrogen and oxygen atoms in total. The molecule has 0 saturated carbocycles. The molecule has 1 fully saturated rings. The number of halogens is 2. The molecule has 1 saturated heterocycles. The number of carbonyl (C=O) groups excluding carboxylic acids is 1. The van der Waals surface area contributed by atoms with Gasteiger partial charge in [0, 0.05) is 51.9 Å². The largest absolute Gasteiger partial charge is 0.376 e. The van der Waals surface area contributed by atoms with Crippen molar-refractivity contribution in [3.8, 4) is 6.07 Å². The van der Waals surface area contributed by atoms with Crippen LogP contribution in [0.2, 0.25) is 10.0 Å². The highest BCUT2D eigenvalue weighted by Crippen LogP contribution is 2.30. The monoisotopic (exact) mass is 467 g/mol. The third kappa shape index (κ3) is 4.68. The number of aromatic nitrogens is 1. The second-order valence-corrected chi connectivity index (χ2v) is 8.70. The van der Waals surface area contributed by atoms with Crippen LogP contribution >= 0.6 is 23.2 Å². The summed E-state index contributed by atoms with van der Waals surface area (Å²) < 4.78 is 7.68. The first-order valence-corrected chi connectivity index (χ1v) is 11.3. The van der Waals surface area contributed by atoms with E-state index in [0.29, 0.717) is 23.1 Å². The third-order valence-electron chi connectivity index (χ3n) is 5.79. The van der Waals surface area contributed by atoms with Crippen molar-refractivity contribution in [2.75, 3.05) is 13.2 Å². The number of ether oxygens (including phenoxy) is 1. The molecule has 1 aliphatic rings. The standard InChI is InChI=1S/C25H23Cl2N3O2/c1-16-22(11-18(13-28)25(31)29-14-20-5-4-10-32-20)21-6-2-3-7-24(21)30(16)15-17-8-9-19(26)12-23(17)27/h2-3,6-9,11-12,20H,4-5,10,14-15H2,1H3,(H,29,31)/b18-11-/t20-/m0/s1. The number of carbonyl (C=O) groups is 1. The van der Waals surface area contributed by atoms with Gasteiger partial charge < -0.3 is 14.6 Å². The number of benzene rings is 2. The van der Waals surface area contributed by atoms with E-state index in [1.807, 2.05) is 43.3 Å². The molecule has 2 heterocycles. The molecule has 0 bridgehead atoms. The number of nitrogens with zero attached hydrogens (tertiary/aromatic N) is 2. The number of hydrogen-bond acceptors (Lipinski definition) is 3. The molecule has 7 heteroatoms. The van der Waals surface area contributed by atoms with Crippen molar-refractivity contribution >= 4 is 46.1 Å². The van der Waals surface area contributed by atoms with Gasteiger partial charge in [-0.25, -0.2) is 0 Å². The van der Waals surface area contributed by atoms with Crippen molar-refractivity contribution in [2.45, 2.75) is 32.4 Å². The molecule has 4 rings (SSSR count). The molecule has 1 amide bonds. The zero-order valence-electron chi connectivity index (χ0n) is 17.7. The van der Waals surface area contributed by atoms with Crippen molar-refractivity contribution in [2.24, 2.45) is 0 Å². The van der Waals surface area contributed by atoms with Gasteiger partial charge in [0.05, 0.1) is 6.10 Å². The molecule has 0 aliphatic carbocycles. The number of amides is 1. The van der Waals surface area contributed by atoms with E-state index in [2.05, 4.69) is 16.0 Å². The molecule has 1 N–H and O–H groups in total. The van der Waals surface area contributed by atoms with Crippen LogP contribution in [0.3, 0.4) is 0 Å². The van der Waals surface area contributed by atoms with Gasteiger partial charge in [0.25, 0.3) is 5.91 Å². The molecular formula is C25H23Cl2N3O2. The SMILES string of the molecule is Cc1c(/C=C(/C#N)C(=O)NC[C@@H]2CCCO2)c2ccccc2n1Cc1ccc(Cl)cc1Cl. The van der Waals surface area contributed by atoms with Crippen molar-refractivity contribution in [1.82, 2.24) is 9.88 Å². The fourth-order valence-corrected chi connectivity index (χ4v) is 4.53. The molecule has 2 aromatic carbocycles. The fraction of sp³-hybridized carbons (Fsp3) is 0.280. The number of para-hydroxylation sites is 1. The molecular weight excluding hydrogens is 445 g/mol. The zero-order valence-corrected chi connectivity index (χ0v) is 19.2. The lowest BCUT2D eigenvalue weighted by Gasteiger charge is -2.11. The normalized spacial score (nSPS) is 16.3. The van der Waals surface area contributed by atoms with Crippen LogP contribution in [0.5, 0.6) is 0 Å². The predicted molar refractivity (Wildman–Crippen MR) is 128 cm³/mol. The van der Waals surface area contributed by atoms with Gasteiger partial charge in [-0.2, -0.15) is 5.26 Å². The second kappa shape index (κ2) is 9.79. The summed E-state index contributed by atoms with van der Waals surface area (Å²) in [5.74, 6) is -0.389. The summed E-state index contributed by atoms with van der Waals surface area (Å²) in [7, 11) is 0. The molecule has 0 unspecified atom stereocenters. The molecule has 1 atom stereocenters. The maximum Gasteiger partial charge on any atom is 0.262 e. The van der Waals surface area contributed by atoms with Gasteiger partial charge in [0.1, 0.15) is 11.6 Å². The number of rotatable bonds is 6. The van der Waals surface area contributed by atoms with Crippen molar-refractivity contribution in [3.63, 3.8) is 0 Å². The molecule has 1 aliphatic heterocycles. The first-order valence-electron chi connectivity index (χ1n) is 10.5. The van der Waals surface area contributed by atoms with Crippen LogP contribution in [-0.2, 0) is 16.1 Å². The van der Waals surface area contributed by atoms with Gasteiger partial charge in [0.2, 0.25) is 0 Å². The topological polar surface area (TPSA) is 67.1 Å². The van der Waals surface area contributed by atoms with E-state index in [-0.39, 0.29) is 17.6 Å². The van der Waals surface area contributed by atoms with Crippen molar-refractivity contribution in [3.05, 3.63) is 74.9 Å². The quantitative estimate of drug-likeness (QED) is 0.383. The van der Waals surface area contributed by atoms with E-state index >= 15 is 0 Å². The predicted octanol–water partition coefficient (Wildman–Crippen LogP) is 5.51. The van der Waals surface area contributed by atoms with Crippen LogP contribution in [0, 0.1) is 18.3 Å². The van der Waals surface area contributed by atoms with Crippen LogP contribution in [0.15, 0.2) is 48.0 Å². The molecule has 0 spiro atoms. The van der Waals surface area contributed by atoms with Crippen LogP contribution in [0.25, 0.3) is 17.0 Å². The Morgan fingerprint density at radius 3 is 2.84 bits per heavy atom. The third-order valence-corrected chi connectivity index (χ3v) is 6.38. The fourth-order valence-electron chi connectivity index (χ4n) is 4.06. The number of nitriles is 1. The lowest BCUT2D eigenvalue weighted by Crippen LogP contribution is -2.32. The van der Waals surface area contributed by atoms with E-state index in [4.69, 9.17) is 27.9 Å². The van der Waals surface area contributed by atoms with Crippen LogP contribution in [0.1, 0.15) is 29.7 Å². The van der Waals surface area contributed by atoms with Gasteiger partial charge in [-0.3, -0.25) is 4.79 Å². The van der Waals surface area contributed by atoms with E-state index in [1.54, 1.807) is 12.1 Å². The molecule has 32 heavy (non-hydrogen) atoms. The minimum absolute atomic E-state index is 0.0201. The Bertz CT molecular complexity index is 1230. The summed E-state index contributed by atoms with van der Waals surface area (Å²) >= 11 is 12.5. The van der Waals surface area contributed by atoms with Gasteiger partial charge in [-0.1, -0.05) is 47.5 Å². The summed E-state index contributed by atoms with van der Waals surface area (Å²) in [6.07, 6.45) is 3.61. The maximum atomic E-state index is 12.7. The van der Waals surface area contributed by atoms with Gasteiger partial charge in [-0.05, 0) is 49.6 Å². The molecule has 3 aromatic rings. The van der Waals surface area contributed by atoms with E-state index in [9.17, 15) is 10.1 Å². The summed E-state index contributed by atoms with van der Waals surface area (Å²) in [6.45, 7) is 3.66. The summed E-state index contributed by atoms with van der Waals surface area (Å²) in [4.78, 5) is 12.7. The lowest BCUT2D eigenvalue weighted by molar-refractivity contribution is -0.117. The Labute approximate surface area is 197 Å². The van der Waals surface area contributed by atoms with Crippen molar-refractivity contribution in [1.29, 1.82) is 5.26 Å². The average Bonchev–Trinajstić information content (AvgIpc) is 3.39. The molecule has 1 aromatic heterocycles. The van der Waals surface area contributed by atoms with E-state index in [0.717, 1.165) is 47.2 Å². The highest BCUT2D eigenvalue weighted by Gasteiger charge is 2.19. The van der Waals surface area contributed by atoms with E-state index in [1.165, 1.54) is 0 Å². The zero-order chi connectivity index (χ0) is 22.7. The Hall–Kier alpha value is -2.78. The maximum absolute atomic E-state index is 12.7. The highest BCUT2D eigenvalue weighted by molar-refractivity contribution is 6.35. The molecule has 0 radical (unpaired) electrons. The average molecular weight is 468 g/mol. The molecule has 164 valence electrons. The van der Waals surface area contributed by atoms with E-state index < -0.39 is 0 Å². The van der Waals surface area contributed by atoms with Crippen LogP contribution in [0.4, 0.5) is 0 Å². The lowest BCUT2D eigenvalue weighted by atomic mass is 10.1. The number of fused-ring (bicyclic) bond motifs is 1. The minimum Gasteiger partial charge on any atom is -0.376 e. The summed E-state index contributed by atoms with van der Waals surface area (Å²) in [6, 6.07) is 15.4. The first kappa shape index (κ1) is 22.4. The summed E-state index contributed by atoms with van der Waals surface area (Å²) in [5.41, 5.74) is 3.79. The number of nitrogens with one attached hydrogen (secondary N) is 1. The van der Waals surface area contributed by atoms with Gasteiger partial charge in [-0.15, -0.1) is 0 Å². The first-order chi connectivity index (χ1) is 15.5. The van der Waals surface area contributed by atoms with Gasteiger partial charge in [0.15, 0.2) is 0 Å².